The van der Waals surface area contributed by atoms with Gasteiger partial charge in [-0.25, -0.2) is 0 Å². The minimum atomic E-state index is 0.0917. The number of nitrogens with one attached hydrogen (secondary N) is 1. The maximum Gasteiger partial charge on any atom is 0.253 e. The van der Waals surface area contributed by atoms with E-state index in [2.05, 4.69) is 43.6 Å². The standard InChI is InChI=1S/C29H42N2O2/c1-19-24(26(32)30-27-28(2,3)21-14-16-29(27,4)18-21)22-12-9-13-23(33-5)25(22)31(19)17-15-20-10-7-6-8-11-20/h9,12-13,20-21,27H,6-8,10-11,14-18H2,1-5H3,(H,30,32)/t21-,27?,29?/m1/s1. The van der Waals surface area contributed by atoms with E-state index in [0.717, 1.165) is 40.4 Å². The van der Waals surface area contributed by atoms with Crippen LogP contribution in [-0.2, 0) is 6.54 Å². The summed E-state index contributed by atoms with van der Waals surface area (Å²) in [5.41, 5.74) is 3.36. The van der Waals surface area contributed by atoms with Gasteiger partial charge in [-0.15, -0.1) is 0 Å². The highest BCUT2D eigenvalue weighted by molar-refractivity contribution is 6.09. The number of fused-ring (bicyclic) bond motifs is 3. The van der Waals surface area contributed by atoms with Gasteiger partial charge in [0.1, 0.15) is 5.75 Å². The third kappa shape index (κ3) is 3.68. The van der Waals surface area contributed by atoms with Crippen LogP contribution < -0.4 is 10.1 Å². The van der Waals surface area contributed by atoms with E-state index < -0.39 is 0 Å². The highest BCUT2D eigenvalue weighted by atomic mass is 16.5. The van der Waals surface area contributed by atoms with E-state index in [0.29, 0.717) is 5.92 Å². The van der Waals surface area contributed by atoms with Crippen LogP contribution >= 0.6 is 0 Å². The van der Waals surface area contributed by atoms with Gasteiger partial charge >= 0.3 is 0 Å². The molecule has 1 aromatic carbocycles. The molecule has 3 atom stereocenters. The van der Waals surface area contributed by atoms with Gasteiger partial charge in [-0.2, -0.15) is 0 Å². The highest BCUT2D eigenvalue weighted by Gasteiger charge is 2.59. The molecular weight excluding hydrogens is 408 g/mol. The van der Waals surface area contributed by atoms with Crippen LogP contribution in [0.1, 0.15) is 94.6 Å². The van der Waals surface area contributed by atoms with Crippen LogP contribution in [0.5, 0.6) is 5.75 Å². The van der Waals surface area contributed by atoms with E-state index in [9.17, 15) is 4.79 Å². The molecule has 5 rings (SSSR count). The van der Waals surface area contributed by atoms with E-state index in [-0.39, 0.29) is 22.8 Å². The third-order valence-corrected chi connectivity index (χ3v) is 9.78. The van der Waals surface area contributed by atoms with Crippen LogP contribution in [0.15, 0.2) is 18.2 Å². The van der Waals surface area contributed by atoms with Crippen LogP contribution in [0.2, 0.25) is 0 Å². The highest BCUT2D eigenvalue weighted by Crippen LogP contribution is 2.62. The lowest BCUT2D eigenvalue weighted by Gasteiger charge is -2.43. The second-order valence-corrected chi connectivity index (χ2v) is 12.1. The molecule has 0 aliphatic heterocycles. The molecule has 1 heterocycles. The quantitative estimate of drug-likeness (QED) is 0.522. The Morgan fingerprint density at radius 3 is 2.58 bits per heavy atom. The van der Waals surface area contributed by atoms with Crippen LogP contribution in [0, 0.1) is 29.6 Å². The van der Waals surface area contributed by atoms with E-state index >= 15 is 0 Å². The molecule has 2 aromatic rings. The number of aromatic nitrogens is 1. The summed E-state index contributed by atoms with van der Waals surface area (Å²) in [7, 11) is 1.74. The molecule has 1 N–H and O–H groups in total. The van der Waals surface area contributed by atoms with Gasteiger partial charge in [0.15, 0.2) is 0 Å². The first-order valence-electron chi connectivity index (χ1n) is 13.2. The van der Waals surface area contributed by atoms with Gasteiger partial charge in [0.2, 0.25) is 0 Å². The van der Waals surface area contributed by atoms with Crippen molar-refractivity contribution in [3.63, 3.8) is 0 Å². The molecule has 0 radical (unpaired) electrons. The van der Waals surface area contributed by atoms with Gasteiger partial charge in [0.25, 0.3) is 5.91 Å². The van der Waals surface area contributed by atoms with E-state index in [4.69, 9.17) is 4.74 Å². The Hall–Kier alpha value is -1.97. The topological polar surface area (TPSA) is 43.3 Å². The normalized spacial score (nSPS) is 29.0. The Bertz CT molecular complexity index is 1040. The van der Waals surface area contributed by atoms with Crippen molar-refractivity contribution in [1.82, 2.24) is 9.88 Å². The summed E-state index contributed by atoms with van der Waals surface area (Å²) >= 11 is 0. The van der Waals surface area contributed by atoms with Gasteiger partial charge < -0.3 is 14.6 Å². The number of carbonyl (C=O) groups excluding carboxylic acids is 1. The SMILES string of the molecule is COc1cccc2c(C(=O)NC3C4(C)CC[C@H](C4)C3(C)C)c(C)n(CCC3CCCCC3)c12. The summed E-state index contributed by atoms with van der Waals surface area (Å²) in [6.45, 7) is 10.2. The largest absolute Gasteiger partial charge is 0.495 e. The molecule has 180 valence electrons. The van der Waals surface area contributed by atoms with Crippen molar-refractivity contribution in [2.24, 2.45) is 22.7 Å². The fourth-order valence-electron chi connectivity index (χ4n) is 7.88. The second-order valence-electron chi connectivity index (χ2n) is 12.1. The van der Waals surface area contributed by atoms with Crippen molar-refractivity contribution < 1.29 is 9.53 Å². The monoisotopic (exact) mass is 450 g/mol. The van der Waals surface area contributed by atoms with Gasteiger partial charge in [0.05, 0.1) is 18.2 Å². The van der Waals surface area contributed by atoms with Crippen LogP contribution in [0.3, 0.4) is 0 Å². The summed E-state index contributed by atoms with van der Waals surface area (Å²) in [6, 6.07) is 6.37. The molecule has 2 bridgehead atoms. The number of hydrogen-bond acceptors (Lipinski definition) is 2. The lowest BCUT2D eigenvalue weighted by Crippen LogP contribution is -2.52. The molecule has 4 heteroatoms. The molecule has 33 heavy (non-hydrogen) atoms. The fraction of sp³-hybridized carbons (Fsp3) is 0.690. The first-order chi connectivity index (χ1) is 15.8. The minimum absolute atomic E-state index is 0.0917. The number of benzene rings is 1. The first-order valence-corrected chi connectivity index (χ1v) is 13.2. The number of hydrogen-bond donors (Lipinski definition) is 1. The molecule has 4 nitrogen and oxygen atoms in total. The number of carbonyl (C=O) groups is 1. The Morgan fingerprint density at radius 1 is 1.15 bits per heavy atom. The third-order valence-electron chi connectivity index (χ3n) is 9.78. The number of amides is 1. The lowest BCUT2D eigenvalue weighted by molar-refractivity contribution is 0.0738. The molecule has 2 unspecified atom stereocenters. The van der Waals surface area contributed by atoms with Crippen molar-refractivity contribution in [3.05, 3.63) is 29.5 Å². The van der Waals surface area contributed by atoms with Crippen molar-refractivity contribution in [3.8, 4) is 5.75 Å². The summed E-state index contributed by atoms with van der Waals surface area (Å²) in [5, 5.41) is 4.58. The Kier molecular flexibility index (Phi) is 5.77. The van der Waals surface area contributed by atoms with Crippen molar-refractivity contribution >= 4 is 16.8 Å². The van der Waals surface area contributed by atoms with Crippen molar-refractivity contribution in [2.45, 2.75) is 98.1 Å². The van der Waals surface area contributed by atoms with E-state index in [1.54, 1.807) is 7.11 Å². The van der Waals surface area contributed by atoms with Gasteiger partial charge in [-0.3, -0.25) is 4.79 Å². The number of ether oxygens (including phenoxy) is 1. The average molecular weight is 451 g/mol. The molecule has 0 spiro atoms. The number of aryl methyl sites for hydroxylation is 1. The van der Waals surface area contributed by atoms with Gasteiger partial charge in [-0.1, -0.05) is 65.0 Å². The molecule has 3 aliphatic rings. The summed E-state index contributed by atoms with van der Waals surface area (Å²) in [4.78, 5) is 13.9. The zero-order valence-corrected chi connectivity index (χ0v) is 21.3. The summed E-state index contributed by atoms with van der Waals surface area (Å²) < 4.78 is 8.14. The summed E-state index contributed by atoms with van der Waals surface area (Å²) in [6.07, 6.45) is 11.7. The average Bonchev–Trinajstić information content (AvgIpc) is 3.39. The maximum absolute atomic E-state index is 13.9. The number of methoxy groups -OCH3 is 1. The Balaban J connectivity index is 1.49. The molecule has 0 saturated heterocycles. The Labute approximate surface area is 199 Å². The number of nitrogens with zero attached hydrogens (tertiary/aromatic N) is 1. The lowest BCUT2D eigenvalue weighted by atomic mass is 9.68. The van der Waals surface area contributed by atoms with Crippen molar-refractivity contribution in [2.75, 3.05) is 7.11 Å². The molecule has 1 aromatic heterocycles. The smallest absolute Gasteiger partial charge is 0.253 e. The van der Waals surface area contributed by atoms with Crippen molar-refractivity contribution in [1.29, 1.82) is 0 Å². The van der Waals surface area contributed by atoms with E-state index in [1.807, 2.05) is 12.1 Å². The molecule has 3 fully saturated rings. The second kappa shape index (κ2) is 8.36. The zero-order chi connectivity index (χ0) is 23.4. The maximum atomic E-state index is 13.9. The number of para-hydroxylation sites is 1. The Morgan fingerprint density at radius 2 is 1.91 bits per heavy atom. The molecule has 3 saturated carbocycles. The molecule has 3 aliphatic carbocycles. The number of rotatable bonds is 6. The van der Waals surface area contributed by atoms with Crippen LogP contribution in [0.4, 0.5) is 0 Å². The summed E-state index contributed by atoms with van der Waals surface area (Å²) in [5.74, 6) is 2.47. The minimum Gasteiger partial charge on any atom is -0.495 e. The predicted octanol–water partition coefficient (Wildman–Crippen LogP) is 6.87. The fourth-order valence-corrected chi connectivity index (χ4v) is 7.88. The van der Waals surface area contributed by atoms with E-state index in [1.165, 1.54) is 57.8 Å². The molecule has 1 amide bonds. The van der Waals surface area contributed by atoms with Gasteiger partial charge in [-0.05, 0) is 61.3 Å². The first kappa shape index (κ1) is 22.8. The van der Waals surface area contributed by atoms with Gasteiger partial charge in [0, 0.05) is 23.7 Å². The van der Waals surface area contributed by atoms with Crippen LogP contribution in [-0.4, -0.2) is 23.6 Å². The molecular formula is C29H42N2O2. The van der Waals surface area contributed by atoms with Crippen LogP contribution in [0.25, 0.3) is 10.9 Å². The zero-order valence-electron chi connectivity index (χ0n) is 21.3. The predicted molar refractivity (Wildman–Crippen MR) is 135 cm³/mol.